The quantitative estimate of drug-likeness (QED) is 0.670. The van der Waals surface area contributed by atoms with E-state index in [0.29, 0.717) is 6.54 Å². The molecule has 30 heavy (non-hydrogen) atoms. The van der Waals surface area contributed by atoms with Gasteiger partial charge in [-0.1, -0.05) is 12.1 Å². The van der Waals surface area contributed by atoms with Gasteiger partial charge in [0.15, 0.2) is 0 Å². The first-order valence-electron chi connectivity index (χ1n) is 10.4. The molecule has 4 heterocycles. The number of fused-ring (bicyclic) bond motifs is 1. The number of benzene rings is 1. The highest BCUT2D eigenvalue weighted by molar-refractivity contribution is 6.14. The number of hydrogen-bond acceptors (Lipinski definition) is 6. The summed E-state index contributed by atoms with van der Waals surface area (Å²) in [6.07, 6.45) is 5.79. The van der Waals surface area contributed by atoms with E-state index in [-0.39, 0.29) is 12.2 Å². The molecule has 0 amide bonds. The number of rotatable bonds is 3. The molecular weight excluding hydrogens is 374 g/mol. The van der Waals surface area contributed by atoms with Crippen LogP contribution in [0.5, 0.6) is 0 Å². The summed E-state index contributed by atoms with van der Waals surface area (Å²) in [5, 5.41) is 0. The lowest BCUT2D eigenvalue weighted by Gasteiger charge is -2.36. The van der Waals surface area contributed by atoms with Crippen LogP contribution in [0.25, 0.3) is 11.1 Å². The zero-order valence-electron chi connectivity index (χ0n) is 17.5. The van der Waals surface area contributed by atoms with Crippen molar-refractivity contribution in [2.75, 3.05) is 18.0 Å². The maximum Gasteiger partial charge on any atom is 0.132 e. The minimum atomic E-state index is 0.183. The summed E-state index contributed by atoms with van der Waals surface area (Å²) in [6, 6.07) is 10.7. The topological polar surface area (TPSA) is 63.5 Å². The Labute approximate surface area is 176 Å². The number of pyridine rings is 1. The number of nitrogens with zero attached hydrogens (tertiary/aromatic N) is 5. The summed E-state index contributed by atoms with van der Waals surface area (Å²) >= 11 is 0. The minimum absolute atomic E-state index is 0.183. The van der Waals surface area contributed by atoms with E-state index in [1.807, 2.05) is 12.4 Å². The fourth-order valence-corrected chi connectivity index (χ4v) is 4.31. The Morgan fingerprint density at radius 2 is 1.80 bits per heavy atom. The third kappa shape index (κ3) is 3.59. The van der Waals surface area contributed by atoms with Crippen molar-refractivity contribution >= 4 is 11.5 Å². The van der Waals surface area contributed by atoms with Gasteiger partial charge >= 0.3 is 0 Å². The summed E-state index contributed by atoms with van der Waals surface area (Å²) < 4.78 is 5.86. The second-order valence-electron chi connectivity index (χ2n) is 8.21. The van der Waals surface area contributed by atoms with Crippen molar-refractivity contribution in [1.29, 1.82) is 0 Å². The molecule has 152 valence electrons. The SMILES string of the molecule is Cc1cncc(-c2ccc3c(c2)C(c2cc(N4C[C@@H](C)O[C@@H](C)C4)ncn2)=NC3)c1. The van der Waals surface area contributed by atoms with E-state index >= 15 is 0 Å². The zero-order valence-corrected chi connectivity index (χ0v) is 17.5. The predicted molar refractivity (Wildman–Crippen MR) is 118 cm³/mol. The molecule has 2 aromatic heterocycles. The average Bonchev–Trinajstić information content (AvgIpc) is 3.16. The first kappa shape index (κ1) is 18.9. The van der Waals surface area contributed by atoms with E-state index in [2.05, 4.69) is 71.0 Å². The molecule has 0 aliphatic carbocycles. The van der Waals surface area contributed by atoms with Crippen molar-refractivity contribution in [3.05, 3.63) is 71.4 Å². The van der Waals surface area contributed by atoms with Crippen LogP contribution in [0.2, 0.25) is 0 Å². The number of aromatic nitrogens is 3. The van der Waals surface area contributed by atoms with E-state index in [4.69, 9.17) is 9.73 Å². The molecule has 1 fully saturated rings. The van der Waals surface area contributed by atoms with Gasteiger partial charge in [-0.25, -0.2) is 9.97 Å². The van der Waals surface area contributed by atoms with Crippen LogP contribution in [-0.4, -0.2) is 46.0 Å². The summed E-state index contributed by atoms with van der Waals surface area (Å²) in [7, 11) is 0. The summed E-state index contributed by atoms with van der Waals surface area (Å²) in [4.78, 5) is 20.5. The summed E-state index contributed by atoms with van der Waals surface area (Å²) in [6.45, 7) is 8.60. The van der Waals surface area contributed by atoms with Gasteiger partial charge in [0, 0.05) is 42.7 Å². The average molecular weight is 399 g/mol. The lowest BCUT2D eigenvalue weighted by atomic mass is 9.97. The summed E-state index contributed by atoms with van der Waals surface area (Å²) in [5.41, 5.74) is 7.57. The van der Waals surface area contributed by atoms with Crippen molar-refractivity contribution in [1.82, 2.24) is 15.0 Å². The van der Waals surface area contributed by atoms with Gasteiger partial charge in [-0.05, 0) is 49.6 Å². The van der Waals surface area contributed by atoms with Crippen molar-refractivity contribution < 1.29 is 4.74 Å². The molecule has 0 N–H and O–H groups in total. The molecule has 2 aliphatic heterocycles. The maximum absolute atomic E-state index is 5.86. The van der Waals surface area contributed by atoms with E-state index < -0.39 is 0 Å². The van der Waals surface area contributed by atoms with E-state index in [1.165, 1.54) is 5.56 Å². The van der Waals surface area contributed by atoms with Crippen molar-refractivity contribution in [2.24, 2.45) is 4.99 Å². The molecule has 0 saturated carbocycles. The first-order chi connectivity index (χ1) is 14.6. The highest BCUT2D eigenvalue weighted by Crippen LogP contribution is 2.29. The smallest absolute Gasteiger partial charge is 0.132 e. The van der Waals surface area contributed by atoms with Crippen LogP contribution in [0.15, 0.2) is 54.0 Å². The van der Waals surface area contributed by atoms with Crippen LogP contribution >= 0.6 is 0 Å². The summed E-state index contributed by atoms with van der Waals surface area (Å²) in [5.74, 6) is 0.928. The number of aryl methyl sites for hydroxylation is 1. The number of ether oxygens (including phenoxy) is 1. The molecular formula is C24H25N5O. The number of hydrogen-bond donors (Lipinski definition) is 0. The van der Waals surface area contributed by atoms with Crippen molar-refractivity contribution in [3.8, 4) is 11.1 Å². The van der Waals surface area contributed by atoms with Crippen LogP contribution in [-0.2, 0) is 11.3 Å². The van der Waals surface area contributed by atoms with Crippen LogP contribution < -0.4 is 4.90 Å². The molecule has 0 unspecified atom stereocenters. The third-order valence-corrected chi connectivity index (χ3v) is 5.62. The van der Waals surface area contributed by atoms with Gasteiger partial charge in [-0.3, -0.25) is 9.98 Å². The molecule has 2 atom stereocenters. The maximum atomic E-state index is 5.86. The fraction of sp³-hybridized carbons (Fsp3) is 0.333. The fourth-order valence-electron chi connectivity index (χ4n) is 4.31. The Kier molecular flexibility index (Phi) is 4.79. The normalized spacial score (nSPS) is 20.8. The van der Waals surface area contributed by atoms with Crippen molar-refractivity contribution in [3.63, 3.8) is 0 Å². The molecule has 1 saturated heterocycles. The van der Waals surface area contributed by atoms with Crippen molar-refractivity contribution in [2.45, 2.75) is 39.5 Å². The van der Waals surface area contributed by atoms with Gasteiger partial charge in [0.1, 0.15) is 12.1 Å². The molecule has 6 heteroatoms. The number of aliphatic imine (C=N–C) groups is 1. The second kappa shape index (κ2) is 7.61. The Bertz CT molecular complexity index is 1120. The van der Waals surface area contributed by atoms with Gasteiger partial charge in [0.2, 0.25) is 0 Å². The predicted octanol–water partition coefficient (Wildman–Crippen LogP) is 3.81. The van der Waals surface area contributed by atoms with E-state index in [1.54, 1.807) is 6.33 Å². The standard InChI is InChI=1S/C24H25N5O/c1-15-6-20(10-25-9-15)18-4-5-19-11-26-24(21(19)7-18)22-8-23(28-14-27-22)29-12-16(2)30-17(3)13-29/h4-10,14,16-17H,11-13H2,1-3H3/t16-,17+. The molecule has 5 rings (SSSR count). The first-order valence-corrected chi connectivity index (χ1v) is 10.4. The van der Waals surface area contributed by atoms with Crippen LogP contribution in [0, 0.1) is 6.92 Å². The highest BCUT2D eigenvalue weighted by Gasteiger charge is 2.25. The van der Waals surface area contributed by atoms with Crippen LogP contribution in [0.1, 0.15) is 36.2 Å². The van der Waals surface area contributed by atoms with Gasteiger partial charge < -0.3 is 9.64 Å². The largest absolute Gasteiger partial charge is 0.372 e. The lowest BCUT2D eigenvalue weighted by Crippen LogP contribution is -2.45. The Balaban J connectivity index is 1.48. The van der Waals surface area contributed by atoms with Crippen LogP contribution in [0.3, 0.4) is 0 Å². The molecule has 0 radical (unpaired) electrons. The van der Waals surface area contributed by atoms with Gasteiger partial charge in [0.25, 0.3) is 0 Å². The molecule has 6 nitrogen and oxygen atoms in total. The monoisotopic (exact) mass is 399 g/mol. The van der Waals surface area contributed by atoms with Gasteiger partial charge in [-0.15, -0.1) is 0 Å². The Morgan fingerprint density at radius 1 is 0.967 bits per heavy atom. The Morgan fingerprint density at radius 3 is 2.60 bits per heavy atom. The van der Waals surface area contributed by atoms with E-state index in [9.17, 15) is 0 Å². The minimum Gasteiger partial charge on any atom is -0.372 e. The lowest BCUT2D eigenvalue weighted by molar-refractivity contribution is -0.00546. The number of morpholine rings is 1. The van der Waals surface area contributed by atoms with Crippen LogP contribution in [0.4, 0.5) is 5.82 Å². The molecule has 1 aromatic carbocycles. The molecule has 2 aliphatic rings. The van der Waals surface area contributed by atoms with E-state index in [0.717, 1.165) is 52.6 Å². The zero-order chi connectivity index (χ0) is 20.7. The molecule has 3 aromatic rings. The highest BCUT2D eigenvalue weighted by atomic mass is 16.5. The third-order valence-electron chi connectivity index (χ3n) is 5.62. The van der Waals surface area contributed by atoms with Gasteiger partial charge in [0.05, 0.1) is 30.2 Å². The Hall–Kier alpha value is -3.12. The van der Waals surface area contributed by atoms with Gasteiger partial charge in [-0.2, -0.15) is 0 Å². The number of anilines is 1. The molecule has 0 bridgehead atoms. The molecule has 0 spiro atoms. The second-order valence-corrected chi connectivity index (χ2v) is 8.21.